The van der Waals surface area contributed by atoms with E-state index in [0.29, 0.717) is 22.2 Å². The predicted octanol–water partition coefficient (Wildman–Crippen LogP) is 4.93. The lowest BCUT2D eigenvalue weighted by Gasteiger charge is -2.35. The number of aromatic amines is 1. The Kier molecular flexibility index (Phi) is 5.13. The first-order valence-corrected chi connectivity index (χ1v) is 10.9. The third kappa shape index (κ3) is 3.71. The number of anilines is 1. The molecule has 0 bridgehead atoms. The van der Waals surface area contributed by atoms with Crippen molar-refractivity contribution >= 4 is 51.5 Å². The van der Waals surface area contributed by atoms with Crippen molar-refractivity contribution in [2.24, 2.45) is 0 Å². The number of hydrogen-bond donors (Lipinski definition) is 2. The summed E-state index contributed by atoms with van der Waals surface area (Å²) in [7, 11) is 0. The van der Waals surface area contributed by atoms with Gasteiger partial charge in [-0.2, -0.15) is 0 Å². The summed E-state index contributed by atoms with van der Waals surface area (Å²) in [5, 5.41) is 6.96. The van der Waals surface area contributed by atoms with Gasteiger partial charge in [-0.05, 0) is 41.1 Å². The normalized spacial score (nSPS) is 15.4. The van der Waals surface area contributed by atoms with Crippen LogP contribution in [0.4, 0.5) is 5.82 Å². The van der Waals surface area contributed by atoms with E-state index in [1.807, 2.05) is 29.5 Å². The number of nitrogens with zero attached hydrogens (tertiary/aromatic N) is 4. The molecule has 148 valence electrons. The first kappa shape index (κ1) is 18.8. The van der Waals surface area contributed by atoms with E-state index < -0.39 is 0 Å². The highest BCUT2D eigenvalue weighted by Crippen LogP contribution is 2.34. The number of rotatable bonds is 5. The molecule has 0 saturated heterocycles. The fourth-order valence-electron chi connectivity index (χ4n) is 3.84. The zero-order chi connectivity index (χ0) is 19.8. The molecular weight excluding hydrogens is 427 g/mol. The molecule has 4 heterocycles. The number of fused-ring (bicyclic) bond motifs is 2. The third-order valence-electron chi connectivity index (χ3n) is 5.29. The van der Waals surface area contributed by atoms with Gasteiger partial charge in [0.1, 0.15) is 11.8 Å². The summed E-state index contributed by atoms with van der Waals surface area (Å²) in [6.45, 7) is 2.52. The number of aromatic nitrogens is 4. The van der Waals surface area contributed by atoms with Crippen molar-refractivity contribution in [1.82, 2.24) is 24.8 Å². The van der Waals surface area contributed by atoms with Crippen LogP contribution in [0.15, 0.2) is 42.3 Å². The van der Waals surface area contributed by atoms with Gasteiger partial charge in [0.2, 0.25) is 0 Å². The highest BCUT2D eigenvalue weighted by Gasteiger charge is 2.27. The second kappa shape index (κ2) is 7.91. The van der Waals surface area contributed by atoms with Crippen LogP contribution >= 0.6 is 34.5 Å². The van der Waals surface area contributed by atoms with Gasteiger partial charge < -0.3 is 10.3 Å². The van der Waals surface area contributed by atoms with Crippen molar-refractivity contribution in [2.45, 2.75) is 19.0 Å². The molecule has 4 aromatic rings. The van der Waals surface area contributed by atoms with Gasteiger partial charge in [-0.3, -0.25) is 4.90 Å². The quantitative estimate of drug-likeness (QED) is 0.456. The molecule has 1 aliphatic rings. The Morgan fingerprint density at radius 3 is 3.03 bits per heavy atom. The van der Waals surface area contributed by atoms with Crippen LogP contribution in [0.1, 0.15) is 22.0 Å². The van der Waals surface area contributed by atoms with E-state index in [1.165, 1.54) is 16.8 Å². The van der Waals surface area contributed by atoms with Gasteiger partial charge in [0.25, 0.3) is 0 Å². The van der Waals surface area contributed by atoms with Gasteiger partial charge in [-0.1, -0.05) is 29.3 Å². The minimum Gasteiger partial charge on any atom is -0.366 e. The summed E-state index contributed by atoms with van der Waals surface area (Å²) in [6.07, 6.45) is 4.20. The zero-order valence-corrected chi connectivity index (χ0v) is 17.7. The zero-order valence-electron chi connectivity index (χ0n) is 15.4. The summed E-state index contributed by atoms with van der Waals surface area (Å²) in [4.78, 5) is 19.8. The van der Waals surface area contributed by atoms with E-state index in [0.717, 1.165) is 36.4 Å². The first-order chi connectivity index (χ1) is 14.2. The summed E-state index contributed by atoms with van der Waals surface area (Å²) < 4.78 is 0. The molecule has 0 aliphatic carbocycles. The molecule has 3 aromatic heterocycles. The maximum Gasteiger partial charge on any atom is 0.182 e. The maximum absolute atomic E-state index is 6.60. The molecular formula is C20H18Cl2N6S. The van der Waals surface area contributed by atoms with Crippen LogP contribution in [0.3, 0.4) is 0 Å². The number of hydrogen-bond acceptors (Lipinski definition) is 6. The van der Waals surface area contributed by atoms with Crippen molar-refractivity contribution in [3.63, 3.8) is 0 Å². The molecule has 1 unspecified atom stereocenters. The van der Waals surface area contributed by atoms with Gasteiger partial charge in [0, 0.05) is 34.6 Å². The molecule has 0 radical (unpaired) electrons. The van der Waals surface area contributed by atoms with Crippen LogP contribution < -0.4 is 5.32 Å². The Labute approximate surface area is 181 Å². The molecule has 5 rings (SSSR count). The summed E-state index contributed by atoms with van der Waals surface area (Å²) in [5.41, 5.74) is 3.89. The van der Waals surface area contributed by atoms with Crippen LogP contribution in [0, 0.1) is 0 Å². The van der Waals surface area contributed by atoms with Gasteiger partial charge in [0.15, 0.2) is 11.5 Å². The minimum absolute atomic E-state index is 0.0701. The van der Waals surface area contributed by atoms with E-state index in [9.17, 15) is 0 Å². The van der Waals surface area contributed by atoms with Gasteiger partial charge in [-0.15, -0.1) is 11.3 Å². The van der Waals surface area contributed by atoms with Crippen molar-refractivity contribution in [1.29, 1.82) is 0 Å². The topological polar surface area (TPSA) is 69.7 Å². The van der Waals surface area contributed by atoms with E-state index in [-0.39, 0.29) is 6.04 Å². The van der Waals surface area contributed by atoms with Crippen LogP contribution in [-0.4, -0.2) is 37.9 Å². The molecule has 1 aliphatic heterocycles. The van der Waals surface area contributed by atoms with Crippen LogP contribution in [0.25, 0.3) is 11.2 Å². The fraction of sp³-hybridized carbons (Fsp3) is 0.250. The molecule has 1 aromatic carbocycles. The lowest BCUT2D eigenvalue weighted by molar-refractivity contribution is 0.188. The lowest BCUT2D eigenvalue weighted by atomic mass is 10.0. The number of nitrogens with one attached hydrogen (secondary N) is 2. The molecule has 29 heavy (non-hydrogen) atoms. The smallest absolute Gasteiger partial charge is 0.182 e. The van der Waals surface area contributed by atoms with Gasteiger partial charge in [0.05, 0.1) is 12.4 Å². The molecule has 1 atom stereocenters. The molecule has 0 spiro atoms. The molecule has 6 nitrogen and oxygen atoms in total. The summed E-state index contributed by atoms with van der Waals surface area (Å²) in [5.74, 6) is 0.732. The average Bonchev–Trinajstić information content (AvgIpc) is 3.38. The SMILES string of the molecule is Clc1ccc(C(CNc2ncnc3nc[nH]c23)N2CCc3sccc3C2)c(Cl)c1. The number of halogens is 2. The number of thiophene rings is 1. The second-order valence-corrected chi connectivity index (χ2v) is 8.82. The monoisotopic (exact) mass is 444 g/mol. The van der Waals surface area contributed by atoms with Gasteiger partial charge in [-0.25, -0.2) is 15.0 Å². The van der Waals surface area contributed by atoms with Crippen molar-refractivity contribution in [2.75, 3.05) is 18.4 Å². The molecule has 0 amide bonds. The van der Waals surface area contributed by atoms with Crippen molar-refractivity contribution in [3.05, 3.63) is 68.3 Å². The Bertz CT molecular complexity index is 1160. The largest absolute Gasteiger partial charge is 0.366 e. The molecule has 0 fully saturated rings. The van der Waals surface area contributed by atoms with Crippen molar-refractivity contribution < 1.29 is 0 Å². The summed E-state index contributed by atoms with van der Waals surface area (Å²) >= 11 is 14.6. The lowest BCUT2D eigenvalue weighted by Crippen LogP contribution is -2.37. The highest BCUT2D eigenvalue weighted by molar-refractivity contribution is 7.10. The van der Waals surface area contributed by atoms with Crippen LogP contribution in [0.5, 0.6) is 0 Å². The van der Waals surface area contributed by atoms with E-state index in [4.69, 9.17) is 23.2 Å². The molecule has 0 saturated carbocycles. The molecule has 9 heteroatoms. The van der Waals surface area contributed by atoms with E-state index in [1.54, 1.807) is 6.33 Å². The molecule has 2 N–H and O–H groups in total. The van der Waals surface area contributed by atoms with Crippen LogP contribution in [0.2, 0.25) is 10.0 Å². The number of imidazole rings is 1. The minimum atomic E-state index is 0.0701. The second-order valence-electron chi connectivity index (χ2n) is 6.98. The Hall–Kier alpha value is -2.19. The highest BCUT2D eigenvalue weighted by atomic mass is 35.5. The van der Waals surface area contributed by atoms with Crippen molar-refractivity contribution in [3.8, 4) is 0 Å². The predicted molar refractivity (Wildman–Crippen MR) is 118 cm³/mol. The summed E-state index contributed by atoms with van der Waals surface area (Å²) in [6, 6.07) is 8.02. The fourth-order valence-corrected chi connectivity index (χ4v) is 5.26. The first-order valence-electron chi connectivity index (χ1n) is 9.31. The average molecular weight is 445 g/mol. The third-order valence-corrected chi connectivity index (χ3v) is 6.87. The maximum atomic E-state index is 6.60. The number of H-pyrrole nitrogens is 1. The Morgan fingerprint density at radius 1 is 1.21 bits per heavy atom. The Morgan fingerprint density at radius 2 is 2.14 bits per heavy atom. The standard InChI is InChI=1S/C20H18Cl2N6S/c21-13-1-2-14(15(22)7-13)16(28-5-3-17-12(9-28)4-6-29-17)8-23-19-18-20(25-10-24-18)27-11-26-19/h1-2,4,6-7,10-11,16H,3,5,8-9H2,(H2,23,24,25,26,27). The van der Waals surface area contributed by atoms with Gasteiger partial charge >= 0.3 is 0 Å². The van der Waals surface area contributed by atoms with Crippen LogP contribution in [-0.2, 0) is 13.0 Å². The number of benzene rings is 1. The Balaban J connectivity index is 1.46. The van der Waals surface area contributed by atoms with E-state index in [2.05, 4.69) is 41.6 Å². The van der Waals surface area contributed by atoms with E-state index >= 15 is 0 Å².